The Morgan fingerprint density at radius 1 is 0.833 bits per heavy atom. The van der Waals surface area contributed by atoms with E-state index in [2.05, 4.69) is 114 Å². The fourth-order valence-corrected chi connectivity index (χ4v) is 6.60. The minimum absolute atomic E-state index is 0.163. The molecule has 0 saturated carbocycles. The summed E-state index contributed by atoms with van der Waals surface area (Å²) < 4.78 is 8.89. The lowest BCUT2D eigenvalue weighted by Gasteiger charge is -2.36. The van der Waals surface area contributed by atoms with Gasteiger partial charge in [-0.3, -0.25) is 4.68 Å². The molecule has 0 saturated heterocycles. The maximum atomic E-state index is 6.63. The van der Waals surface area contributed by atoms with Crippen molar-refractivity contribution in [1.82, 2.24) is 19.7 Å². The Balaban J connectivity index is 1.37. The summed E-state index contributed by atoms with van der Waals surface area (Å²) >= 11 is 16.6. The average Bonchev–Trinajstić information content (AvgIpc) is 3.41. The van der Waals surface area contributed by atoms with Gasteiger partial charge in [0.25, 0.3) is 0 Å². The van der Waals surface area contributed by atoms with Crippen LogP contribution in [0.25, 0.3) is 10.9 Å². The topological polar surface area (TPSA) is 56.1 Å². The number of ether oxygens (including phenoxy) is 1. The van der Waals surface area contributed by atoms with Gasteiger partial charge in [0, 0.05) is 22.8 Å². The summed E-state index contributed by atoms with van der Waals surface area (Å²) in [6.07, 6.45) is 4.04. The number of hydrogen-bond donors (Lipinski definition) is 0. The molecule has 4 aromatic carbocycles. The highest BCUT2D eigenvalue weighted by molar-refractivity contribution is 9.10. The Kier molecular flexibility index (Phi) is 7.10. The second-order valence-electron chi connectivity index (χ2n) is 10.1. The van der Waals surface area contributed by atoms with Gasteiger partial charge in [-0.1, -0.05) is 103 Å². The number of aromatic nitrogens is 4. The second kappa shape index (κ2) is 11.1. The molecule has 0 radical (unpaired) electrons. The van der Waals surface area contributed by atoms with Crippen LogP contribution in [-0.2, 0) is 12.1 Å². The minimum atomic E-state index is -0.693. The lowest BCUT2D eigenvalue weighted by molar-refractivity contribution is 0.331. The molecule has 0 amide bonds. The largest absolute Gasteiger partial charge is 0.489 e. The maximum Gasteiger partial charge on any atom is 0.224 e. The summed E-state index contributed by atoms with van der Waals surface area (Å²) in [7, 11) is 0. The van der Waals surface area contributed by atoms with E-state index in [-0.39, 0.29) is 5.28 Å². The summed E-state index contributed by atoms with van der Waals surface area (Å²) in [5.74, 6) is 1.24. The highest BCUT2D eigenvalue weighted by Crippen LogP contribution is 2.45. The molecule has 0 N–H and O–H groups in total. The summed E-state index contributed by atoms with van der Waals surface area (Å²) in [6, 6.07) is 33.3. The second-order valence-corrected chi connectivity index (χ2v) is 11.7. The van der Waals surface area contributed by atoms with E-state index in [0.29, 0.717) is 46.3 Å². The zero-order valence-corrected chi connectivity index (χ0v) is 25.4. The molecule has 0 atom stereocenters. The molecule has 0 spiro atoms. The van der Waals surface area contributed by atoms with Gasteiger partial charge in [-0.2, -0.15) is 10.1 Å². The minimum Gasteiger partial charge on any atom is -0.489 e. The molecule has 3 heterocycles. The van der Waals surface area contributed by atoms with E-state index in [0.717, 1.165) is 27.6 Å². The molecule has 6 nitrogen and oxygen atoms in total. The first-order chi connectivity index (χ1) is 20.6. The number of hydrogen-bond acceptors (Lipinski definition) is 5. The van der Waals surface area contributed by atoms with Gasteiger partial charge in [-0.15, -0.1) is 0 Å². The molecule has 42 heavy (non-hydrogen) atoms. The average molecular weight is 657 g/mol. The third-order valence-electron chi connectivity index (χ3n) is 7.63. The van der Waals surface area contributed by atoms with Crippen LogP contribution in [0.5, 0.6) is 5.75 Å². The Labute approximate surface area is 261 Å². The van der Waals surface area contributed by atoms with Crippen molar-refractivity contribution < 1.29 is 4.74 Å². The lowest BCUT2D eigenvalue weighted by Crippen LogP contribution is -2.38. The van der Waals surface area contributed by atoms with E-state index < -0.39 is 5.54 Å². The Morgan fingerprint density at radius 3 is 2.02 bits per heavy atom. The first-order valence-corrected chi connectivity index (χ1v) is 15.0. The van der Waals surface area contributed by atoms with Gasteiger partial charge in [-0.05, 0) is 50.3 Å². The first kappa shape index (κ1) is 27.0. The fraction of sp³-hybridized carbons (Fsp3) is 0.121. The highest BCUT2D eigenvalue weighted by Gasteiger charge is 2.39. The van der Waals surface area contributed by atoms with Crippen molar-refractivity contribution in [2.75, 3.05) is 18.1 Å². The van der Waals surface area contributed by atoms with Crippen molar-refractivity contribution >= 4 is 55.9 Å². The first-order valence-electron chi connectivity index (χ1n) is 13.5. The van der Waals surface area contributed by atoms with Crippen LogP contribution < -0.4 is 9.64 Å². The molecule has 0 bridgehead atoms. The number of halogens is 3. The molecule has 1 aliphatic rings. The van der Waals surface area contributed by atoms with Crippen molar-refractivity contribution in [2.24, 2.45) is 0 Å². The van der Waals surface area contributed by atoms with Gasteiger partial charge in [0.15, 0.2) is 5.75 Å². The van der Waals surface area contributed by atoms with Crippen LogP contribution in [-0.4, -0.2) is 32.9 Å². The fourth-order valence-electron chi connectivity index (χ4n) is 5.82. The van der Waals surface area contributed by atoms with E-state index >= 15 is 0 Å². The van der Waals surface area contributed by atoms with Gasteiger partial charge < -0.3 is 9.64 Å². The van der Waals surface area contributed by atoms with Crippen LogP contribution in [0, 0.1) is 0 Å². The van der Waals surface area contributed by atoms with E-state index in [9.17, 15) is 0 Å². The summed E-state index contributed by atoms with van der Waals surface area (Å²) in [5, 5.41) is 6.41. The van der Waals surface area contributed by atoms with Crippen LogP contribution in [0.15, 0.2) is 114 Å². The van der Waals surface area contributed by atoms with Gasteiger partial charge in [-0.25, -0.2) is 4.98 Å². The SMILES string of the molecule is Clc1nc2c3c(c(Cl)c(Br)cc3n1)OCCN2Cc1cnn(C(c2ccccc2)(c2ccccc2)c2ccccc2)c1. The molecular weight excluding hydrogens is 633 g/mol. The molecule has 0 fully saturated rings. The van der Waals surface area contributed by atoms with Crippen LogP contribution >= 0.6 is 39.1 Å². The molecule has 7 rings (SSSR count). The normalized spacial score (nSPS) is 13.2. The molecule has 1 aliphatic heterocycles. The molecule has 2 aromatic heterocycles. The van der Waals surface area contributed by atoms with Crippen molar-refractivity contribution in [1.29, 1.82) is 0 Å². The van der Waals surface area contributed by atoms with E-state index in [1.807, 2.05) is 30.5 Å². The van der Waals surface area contributed by atoms with Crippen LogP contribution in [0.4, 0.5) is 5.82 Å². The summed E-state index contributed by atoms with van der Waals surface area (Å²) in [5.41, 5.74) is 4.31. The number of anilines is 1. The Morgan fingerprint density at radius 2 is 1.43 bits per heavy atom. The molecule has 9 heteroatoms. The van der Waals surface area contributed by atoms with Crippen LogP contribution in [0.2, 0.25) is 10.3 Å². The lowest BCUT2D eigenvalue weighted by atomic mass is 9.77. The van der Waals surface area contributed by atoms with Crippen molar-refractivity contribution in [3.8, 4) is 5.75 Å². The maximum absolute atomic E-state index is 6.63. The third kappa shape index (κ3) is 4.53. The zero-order chi connectivity index (χ0) is 28.7. The quantitative estimate of drug-likeness (QED) is 0.134. The monoisotopic (exact) mass is 655 g/mol. The number of rotatable bonds is 6. The van der Waals surface area contributed by atoms with E-state index in [1.165, 1.54) is 0 Å². The van der Waals surface area contributed by atoms with E-state index in [1.54, 1.807) is 0 Å². The van der Waals surface area contributed by atoms with Crippen molar-refractivity contribution in [2.45, 2.75) is 12.1 Å². The third-order valence-corrected chi connectivity index (χ3v) is 9.02. The standard InChI is InChI=1S/C33H24BrCl2N5O/c34-26-18-27-28-30(29(26)35)42-17-16-40(31(28)39-32(36)38-27)20-22-19-37-41(21-22)33(23-10-4-1-5-11-23,24-12-6-2-7-13-24)25-14-8-3-9-15-25/h1-15,18-19,21H,16-17,20H2. The molecule has 0 unspecified atom stereocenters. The van der Waals surface area contributed by atoms with Crippen molar-refractivity contribution in [3.63, 3.8) is 0 Å². The molecular formula is C33H24BrCl2N5O. The summed E-state index contributed by atoms with van der Waals surface area (Å²) in [6.45, 7) is 1.54. The van der Waals surface area contributed by atoms with Gasteiger partial charge in [0.1, 0.15) is 18.0 Å². The van der Waals surface area contributed by atoms with Gasteiger partial charge in [0.2, 0.25) is 5.28 Å². The van der Waals surface area contributed by atoms with Crippen LogP contribution in [0.3, 0.4) is 0 Å². The van der Waals surface area contributed by atoms with Gasteiger partial charge in [0.05, 0.1) is 28.7 Å². The van der Waals surface area contributed by atoms with Gasteiger partial charge >= 0.3 is 0 Å². The van der Waals surface area contributed by atoms with E-state index in [4.69, 9.17) is 33.0 Å². The Bertz CT molecular complexity index is 1790. The zero-order valence-electron chi connectivity index (χ0n) is 22.3. The highest BCUT2D eigenvalue weighted by atomic mass is 79.9. The molecule has 6 aromatic rings. The smallest absolute Gasteiger partial charge is 0.224 e. The Hall–Kier alpha value is -3.91. The molecule has 208 valence electrons. The number of nitrogens with zero attached hydrogens (tertiary/aromatic N) is 5. The van der Waals surface area contributed by atoms with Crippen molar-refractivity contribution in [3.05, 3.63) is 146 Å². The van der Waals surface area contributed by atoms with Crippen LogP contribution in [0.1, 0.15) is 22.3 Å². The predicted octanol–water partition coefficient (Wildman–Crippen LogP) is 8.13. The molecule has 0 aliphatic carbocycles. The number of benzene rings is 4. The summed E-state index contributed by atoms with van der Waals surface area (Å²) in [4.78, 5) is 11.2. The predicted molar refractivity (Wildman–Crippen MR) is 171 cm³/mol.